The van der Waals surface area contributed by atoms with Gasteiger partial charge in [0.05, 0.1) is 7.11 Å². The summed E-state index contributed by atoms with van der Waals surface area (Å²) in [5.74, 6) is 1.32. The number of ether oxygens (including phenoxy) is 2. The second kappa shape index (κ2) is 5.10. The summed E-state index contributed by atoms with van der Waals surface area (Å²) in [6.07, 6.45) is 1.29. The molecule has 0 aliphatic heterocycles. The normalized spacial score (nSPS) is 10.2. The predicted octanol–water partition coefficient (Wildman–Crippen LogP) is 2.82. The number of aromatic nitrogens is 2. The molecule has 2 aromatic rings. The van der Waals surface area contributed by atoms with Gasteiger partial charge >= 0.3 is 0 Å². The van der Waals surface area contributed by atoms with Crippen molar-refractivity contribution in [2.24, 2.45) is 0 Å². The van der Waals surface area contributed by atoms with Gasteiger partial charge < -0.3 is 15.2 Å². The third-order valence-corrected chi connectivity index (χ3v) is 2.63. The second-order valence-corrected chi connectivity index (χ2v) is 4.00. The molecule has 0 fully saturated rings. The molecule has 18 heavy (non-hydrogen) atoms. The van der Waals surface area contributed by atoms with Gasteiger partial charge in [0.1, 0.15) is 12.0 Å². The highest BCUT2D eigenvalue weighted by atomic mass is 35.5. The Hall–Kier alpha value is -2.01. The second-order valence-electron chi connectivity index (χ2n) is 3.64. The fourth-order valence-electron chi connectivity index (χ4n) is 1.40. The van der Waals surface area contributed by atoms with Crippen molar-refractivity contribution in [3.8, 4) is 17.4 Å². The molecule has 6 heteroatoms. The number of nitrogens with zero attached hydrogens (tertiary/aromatic N) is 2. The molecule has 0 spiro atoms. The maximum Gasteiger partial charge on any atom is 0.247 e. The van der Waals surface area contributed by atoms with Crippen molar-refractivity contribution in [1.29, 1.82) is 0 Å². The van der Waals surface area contributed by atoms with Crippen LogP contribution in [0.1, 0.15) is 5.56 Å². The fraction of sp³-hybridized carbons (Fsp3) is 0.167. The van der Waals surface area contributed by atoms with Gasteiger partial charge in [-0.25, -0.2) is 4.98 Å². The third kappa shape index (κ3) is 2.46. The van der Waals surface area contributed by atoms with Crippen LogP contribution in [-0.2, 0) is 0 Å². The molecule has 0 aliphatic rings. The molecule has 1 heterocycles. The summed E-state index contributed by atoms with van der Waals surface area (Å²) in [6.45, 7) is 1.96. The minimum Gasteiger partial charge on any atom is -0.493 e. The number of anilines is 1. The standard InChI is InChI=1S/C12H12ClN3O2/c1-7-3-4-8(9(5-7)17-2)18-12-10(14)11(13)15-6-16-12/h3-6H,14H2,1-2H3. The molecule has 1 aromatic carbocycles. The molecule has 0 radical (unpaired) electrons. The fourth-order valence-corrected chi connectivity index (χ4v) is 1.53. The minimum atomic E-state index is 0.158. The van der Waals surface area contributed by atoms with E-state index in [1.807, 2.05) is 19.1 Å². The maximum atomic E-state index is 5.79. The summed E-state index contributed by atoms with van der Waals surface area (Å²) < 4.78 is 10.8. The van der Waals surface area contributed by atoms with E-state index in [0.717, 1.165) is 5.56 Å². The molecule has 0 saturated heterocycles. The van der Waals surface area contributed by atoms with Crippen molar-refractivity contribution in [1.82, 2.24) is 9.97 Å². The minimum absolute atomic E-state index is 0.158. The quantitative estimate of drug-likeness (QED) is 0.864. The Morgan fingerprint density at radius 2 is 2.00 bits per heavy atom. The molecule has 2 N–H and O–H groups in total. The Morgan fingerprint density at radius 1 is 1.22 bits per heavy atom. The maximum absolute atomic E-state index is 5.79. The Balaban J connectivity index is 2.37. The van der Waals surface area contributed by atoms with E-state index in [9.17, 15) is 0 Å². The highest BCUT2D eigenvalue weighted by molar-refractivity contribution is 6.32. The van der Waals surface area contributed by atoms with E-state index in [1.165, 1.54) is 6.33 Å². The zero-order valence-corrected chi connectivity index (χ0v) is 10.7. The molecular formula is C12H12ClN3O2. The van der Waals surface area contributed by atoms with Crippen LogP contribution in [0.2, 0.25) is 5.15 Å². The van der Waals surface area contributed by atoms with Gasteiger partial charge in [-0.1, -0.05) is 17.7 Å². The molecule has 2 rings (SSSR count). The van der Waals surface area contributed by atoms with Crippen molar-refractivity contribution in [2.75, 3.05) is 12.8 Å². The predicted molar refractivity (Wildman–Crippen MR) is 69.3 cm³/mol. The van der Waals surface area contributed by atoms with Crippen LogP contribution in [0.5, 0.6) is 17.4 Å². The van der Waals surface area contributed by atoms with E-state index in [-0.39, 0.29) is 16.7 Å². The molecule has 1 aromatic heterocycles. The van der Waals surface area contributed by atoms with Crippen LogP contribution < -0.4 is 15.2 Å². The van der Waals surface area contributed by atoms with Gasteiger partial charge in [0, 0.05) is 0 Å². The van der Waals surface area contributed by atoms with Crippen LogP contribution in [0.3, 0.4) is 0 Å². The first-order valence-electron chi connectivity index (χ1n) is 5.20. The van der Waals surface area contributed by atoms with E-state index in [4.69, 9.17) is 26.8 Å². The topological polar surface area (TPSA) is 70.3 Å². The Labute approximate surface area is 110 Å². The van der Waals surface area contributed by atoms with Crippen LogP contribution in [0.4, 0.5) is 5.69 Å². The molecule has 94 valence electrons. The smallest absolute Gasteiger partial charge is 0.247 e. The average Bonchev–Trinajstić information content (AvgIpc) is 2.37. The SMILES string of the molecule is COc1cc(C)ccc1Oc1ncnc(Cl)c1N. The first-order valence-corrected chi connectivity index (χ1v) is 5.58. The largest absolute Gasteiger partial charge is 0.493 e. The Kier molecular flexibility index (Phi) is 3.53. The van der Waals surface area contributed by atoms with Gasteiger partial charge in [-0.05, 0) is 24.6 Å². The molecule has 0 bridgehead atoms. The lowest BCUT2D eigenvalue weighted by Crippen LogP contribution is -1.98. The molecular weight excluding hydrogens is 254 g/mol. The number of halogens is 1. The van der Waals surface area contributed by atoms with Crippen LogP contribution in [0, 0.1) is 6.92 Å². The van der Waals surface area contributed by atoms with Crippen molar-refractivity contribution in [3.63, 3.8) is 0 Å². The van der Waals surface area contributed by atoms with E-state index in [2.05, 4.69) is 9.97 Å². The monoisotopic (exact) mass is 265 g/mol. The average molecular weight is 266 g/mol. The number of methoxy groups -OCH3 is 1. The summed E-state index contributed by atoms with van der Waals surface area (Å²) in [4.78, 5) is 7.69. The Morgan fingerprint density at radius 3 is 2.72 bits per heavy atom. The number of aryl methyl sites for hydroxylation is 1. The summed E-state index contributed by atoms with van der Waals surface area (Å²) >= 11 is 5.79. The number of hydrogen-bond acceptors (Lipinski definition) is 5. The number of rotatable bonds is 3. The molecule has 0 atom stereocenters. The first kappa shape index (κ1) is 12.4. The van der Waals surface area contributed by atoms with E-state index in [1.54, 1.807) is 13.2 Å². The van der Waals surface area contributed by atoms with Crippen molar-refractivity contribution >= 4 is 17.3 Å². The lowest BCUT2D eigenvalue weighted by Gasteiger charge is -2.11. The Bertz CT molecular complexity index is 575. The van der Waals surface area contributed by atoms with Gasteiger partial charge in [0.15, 0.2) is 16.7 Å². The summed E-state index contributed by atoms with van der Waals surface area (Å²) in [6, 6.07) is 5.54. The van der Waals surface area contributed by atoms with Crippen LogP contribution >= 0.6 is 11.6 Å². The van der Waals surface area contributed by atoms with Gasteiger partial charge in [-0.2, -0.15) is 4.98 Å². The lowest BCUT2D eigenvalue weighted by molar-refractivity contribution is 0.374. The molecule has 0 unspecified atom stereocenters. The number of hydrogen-bond donors (Lipinski definition) is 1. The van der Waals surface area contributed by atoms with E-state index < -0.39 is 0 Å². The highest BCUT2D eigenvalue weighted by Crippen LogP contribution is 2.34. The van der Waals surface area contributed by atoms with Gasteiger partial charge in [-0.15, -0.1) is 0 Å². The summed E-state index contributed by atoms with van der Waals surface area (Å²) in [7, 11) is 1.57. The highest BCUT2D eigenvalue weighted by Gasteiger charge is 2.11. The van der Waals surface area contributed by atoms with Crippen molar-refractivity contribution < 1.29 is 9.47 Å². The van der Waals surface area contributed by atoms with Crippen LogP contribution in [0.15, 0.2) is 24.5 Å². The zero-order valence-electron chi connectivity index (χ0n) is 9.98. The summed E-state index contributed by atoms with van der Waals surface area (Å²) in [5.41, 5.74) is 6.99. The first-order chi connectivity index (χ1) is 8.61. The molecule has 0 saturated carbocycles. The van der Waals surface area contributed by atoms with Crippen molar-refractivity contribution in [3.05, 3.63) is 35.2 Å². The van der Waals surface area contributed by atoms with Crippen molar-refractivity contribution in [2.45, 2.75) is 6.92 Å². The van der Waals surface area contributed by atoms with E-state index in [0.29, 0.717) is 11.5 Å². The zero-order chi connectivity index (χ0) is 13.1. The number of nitrogen functional groups attached to an aromatic ring is 1. The van der Waals surface area contributed by atoms with Gasteiger partial charge in [0.25, 0.3) is 0 Å². The van der Waals surface area contributed by atoms with Gasteiger partial charge in [-0.3, -0.25) is 0 Å². The lowest BCUT2D eigenvalue weighted by atomic mass is 10.2. The number of nitrogens with two attached hydrogens (primary N) is 1. The number of benzene rings is 1. The van der Waals surface area contributed by atoms with Crippen LogP contribution in [-0.4, -0.2) is 17.1 Å². The van der Waals surface area contributed by atoms with Crippen LogP contribution in [0.25, 0.3) is 0 Å². The third-order valence-electron chi connectivity index (χ3n) is 2.32. The van der Waals surface area contributed by atoms with E-state index >= 15 is 0 Å². The molecule has 5 nitrogen and oxygen atoms in total. The van der Waals surface area contributed by atoms with Gasteiger partial charge in [0.2, 0.25) is 5.88 Å². The molecule has 0 aliphatic carbocycles. The summed E-state index contributed by atoms with van der Waals surface area (Å²) in [5, 5.41) is 0.158. The molecule has 0 amide bonds.